The molecule has 0 fully saturated rings. The lowest BCUT2D eigenvalue weighted by atomic mass is 9.89. The zero-order chi connectivity index (χ0) is 28.1. The second-order valence-electron chi connectivity index (χ2n) is 10.2. The van der Waals surface area contributed by atoms with E-state index in [2.05, 4.69) is 6.92 Å². The fourth-order valence-electron chi connectivity index (χ4n) is 5.37. The monoisotopic (exact) mass is 529 g/mol. The third-order valence-corrected chi connectivity index (χ3v) is 7.55. The molecule has 1 heterocycles. The van der Waals surface area contributed by atoms with Crippen LogP contribution in [0.15, 0.2) is 114 Å². The first-order valence-electron chi connectivity index (χ1n) is 14.0. The van der Waals surface area contributed by atoms with Gasteiger partial charge >= 0.3 is 0 Å². The van der Waals surface area contributed by atoms with E-state index >= 15 is 0 Å². The molecule has 5 aromatic rings. The molecule has 1 amide bonds. The van der Waals surface area contributed by atoms with E-state index in [1.165, 1.54) is 0 Å². The van der Waals surface area contributed by atoms with E-state index in [4.69, 9.17) is 4.98 Å². The van der Waals surface area contributed by atoms with Gasteiger partial charge in [-0.2, -0.15) is 0 Å². The number of hydrogen-bond donors (Lipinski definition) is 0. The summed E-state index contributed by atoms with van der Waals surface area (Å²) in [7, 11) is 0. The molecule has 0 spiro atoms. The number of carbonyl (C=O) groups is 1. The Bertz CT molecular complexity index is 1620. The fraction of sp³-hybridized carbons (Fsp3) is 0.229. The van der Waals surface area contributed by atoms with Gasteiger partial charge in [-0.25, -0.2) is 4.98 Å². The van der Waals surface area contributed by atoms with E-state index in [9.17, 15) is 9.59 Å². The minimum atomic E-state index is -0.471. The molecule has 1 atom stereocenters. The minimum absolute atomic E-state index is 0.00269. The van der Waals surface area contributed by atoms with Gasteiger partial charge in [0.15, 0.2) is 0 Å². The summed E-state index contributed by atoms with van der Waals surface area (Å²) in [5.41, 5.74) is 4.12. The lowest BCUT2D eigenvalue weighted by Crippen LogP contribution is -2.41. The number of aromatic nitrogens is 2. The Labute approximate surface area is 235 Å². The normalized spacial score (nSPS) is 12.0. The molecule has 4 aromatic carbocycles. The van der Waals surface area contributed by atoms with Gasteiger partial charge in [0.1, 0.15) is 5.82 Å². The fourth-order valence-corrected chi connectivity index (χ4v) is 5.37. The zero-order valence-electron chi connectivity index (χ0n) is 23.3. The van der Waals surface area contributed by atoms with Crippen LogP contribution in [0.1, 0.15) is 61.2 Å². The van der Waals surface area contributed by atoms with Gasteiger partial charge in [-0.1, -0.05) is 104 Å². The summed E-state index contributed by atoms with van der Waals surface area (Å²) in [6.45, 7) is 6.66. The average molecular weight is 530 g/mol. The van der Waals surface area contributed by atoms with Crippen LogP contribution >= 0.6 is 0 Å². The summed E-state index contributed by atoms with van der Waals surface area (Å²) in [6.07, 6.45) is 1.78. The summed E-state index contributed by atoms with van der Waals surface area (Å²) in [5, 5.41) is 0.555. The number of nitrogens with zero attached hydrogens (tertiary/aromatic N) is 3. The summed E-state index contributed by atoms with van der Waals surface area (Å²) < 4.78 is 1.70. The van der Waals surface area contributed by atoms with Gasteiger partial charge in [-0.05, 0) is 55.2 Å². The van der Waals surface area contributed by atoms with Crippen LogP contribution in [0, 0.1) is 6.92 Å². The van der Waals surface area contributed by atoms with Crippen LogP contribution in [0.2, 0.25) is 0 Å². The van der Waals surface area contributed by atoms with E-state index in [-0.39, 0.29) is 11.5 Å². The maximum atomic E-state index is 14.6. The molecule has 202 valence electrons. The second kappa shape index (κ2) is 12.1. The predicted molar refractivity (Wildman–Crippen MR) is 162 cm³/mol. The Morgan fingerprint density at radius 3 is 2.02 bits per heavy atom. The summed E-state index contributed by atoms with van der Waals surface area (Å²) in [5.74, 6) is 0.0835. The molecular weight excluding hydrogens is 494 g/mol. The highest BCUT2D eigenvalue weighted by molar-refractivity contribution is 5.87. The molecule has 5 heteroatoms. The van der Waals surface area contributed by atoms with E-state index in [0.29, 0.717) is 23.3 Å². The van der Waals surface area contributed by atoms with Crippen molar-refractivity contribution in [3.63, 3.8) is 0 Å². The molecule has 0 aliphatic rings. The van der Waals surface area contributed by atoms with Gasteiger partial charge in [-0.3, -0.25) is 14.2 Å². The maximum Gasteiger partial charge on any atom is 0.266 e. The quantitative estimate of drug-likeness (QED) is 0.203. The predicted octanol–water partition coefficient (Wildman–Crippen LogP) is 7.22. The number of unbranched alkanes of at least 4 members (excludes halogenated alkanes) is 1. The van der Waals surface area contributed by atoms with E-state index in [0.717, 1.165) is 35.2 Å². The number of benzene rings is 4. The van der Waals surface area contributed by atoms with Gasteiger partial charge in [0.05, 0.1) is 28.6 Å². The molecule has 40 heavy (non-hydrogen) atoms. The molecule has 0 bridgehead atoms. The van der Waals surface area contributed by atoms with Crippen LogP contribution in [0.25, 0.3) is 16.6 Å². The topological polar surface area (TPSA) is 55.2 Å². The maximum absolute atomic E-state index is 14.6. The van der Waals surface area contributed by atoms with Crippen LogP contribution < -0.4 is 5.56 Å². The van der Waals surface area contributed by atoms with Gasteiger partial charge in [-0.15, -0.1) is 0 Å². The standard InChI is InChI=1S/C35H35N3O2/c1-4-5-24-37(35(40)32(27-17-8-6-9-18-27)28-19-10-7-11-20-28)26(3)33-36-30-22-14-13-21-29(30)34(39)38(33)31-23-15-12-16-25(31)2/h6-23,26,32H,4-5,24H2,1-3H3. The Morgan fingerprint density at radius 1 is 0.825 bits per heavy atom. The molecule has 1 unspecified atom stereocenters. The van der Waals surface area contributed by atoms with Gasteiger partial charge in [0.25, 0.3) is 5.56 Å². The first-order chi connectivity index (χ1) is 19.5. The van der Waals surface area contributed by atoms with Crippen molar-refractivity contribution < 1.29 is 4.79 Å². The molecule has 0 saturated heterocycles. The van der Waals surface area contributed by atoms with Gasteiger partial charge in [0.2, 0.25) is 5.91 Å². The Kier molecular flexibility index (Phi) is 8.20. The number of fused-ring (bicyclic) bond motifs is 1. The number of aryl methyl sites for hydroxylation is 1. The highest BCUT2D eigenvalue weighted by Gasteiger charge is 2.33. The first-order valence-corrected chi connectivity index (χ1v) is 14.0. The lowest BCUT2D eigenvalue weighted by Gasteiger charge is -2.34. The Morgan fingerprint density at radius 2 is 1.40 bits per heavy atom. The number of carbonyl (C=O) groups excluding carboxylic acids is 1. The van der Waals surface area contributed by atoms with Crippen LogP contribution in [0.3, 0.4) is 0 Å². The van der Waals surface area contributed by atoms with Crippen molar-refractivity contribution in [3.05, 3.63) is 142 Å². The average Bonchev–Trinajstić information content (AvgIpc) is 2.99. The second-order valence-corrected chi connectivity index (χ2v) is 10.2. The Hall–Kier alpha value is -4.51. The number of hydrogen-bond acceptors (Lipinski definition) is 3. The van der Waals surface area contributed by atoms with E-state index < -0.39 is 12.0 Å². The summed E-state index contributed by atoms with van der Waals surface area (Å²) in [6, 6.07) is 34.7. The highest BCUT2D eigenvalue weighted by Crippen LogP contribution is 2.32. The molecule has 5 nitrogen and oxygen atoms in total. The van der Waals surface area contributed by atoms with Gasteiger partial charge in [0, 0.05) is 6.54 Å². The molecule has 1 aromatic heterocycles. The van der Waals surface area contributed by atoms with Gasteiger partial charge < -0.3 is 4.90 Å². The molecule has 0 N–H and O–H groups in total. The molecular formula is C35H35N3O2. The van der Waals surface area contributed by atoms with Crippen molar-refractivity contribution in [1.82, 2.24) is 14.5 Å². The third-order valence-electron chi connectivity index (χ3n) is 7.55. The SMILES string of the molecule is CCCCN(C(=O)C(c1ccccc1)c1ccccc1)C(C)c1nc2ccccc2c(=O)n1-c1ccccc1C. The molecule has 0 saturated carbocycles. The van der Waals surface area contributed by atoms with Crippen LogP contribution in [-0.2, 0) is 4.79 Å². The zero-order valence-corrected chi connectivity index (χ0v) is 23.3. The van der Waals surface area contributed by atoms with Crippen LogP contribution in [-0.4, -0.2) is 26.9 Å². The number of para-hydroxylation sites is 2. The first kappa shape index (κ1) is 27.1. The van der Waals surface area contributed by atoms with Crippen LogP contribution in [0.5, 0.6) is 0 Å². The molecule has 0 aliphatic carbocycles. The van der Waals surface area contributed by atoms with Crippen molar-refractivity contribution in [2.75, 3.05) is 6.54 Å². The van der Waals surface area contributed by atoms with E-state index in [1.54, 1.807) is 4.57 Å². The number of rotatable bonds is 9. The van der Waals surface area contributed by atoms with Crippen molar-refractivity contribution in [2.45, 2.75) is 45.6 Å². The minimum Gasteiger partial charge on any atom is -0.332 e. The van der Waals surface area contributed by atoms with Crippen molar-refractivity contribution in [3.8, 4) is 5.69 Å². The van der Waals surface area contributed by atoms with Crippen molar-refractivity contribution >= 4 is 16.8 Å². The van der Waals surface area contributed by atoms with E-state index in [1.807, 2.05) is 128 Å². The summed E-state index contributed by atoms with van der Waals surface area (Å²) >= 11 is 0. The smallest absolute Gasteiger partial charge is 0.266 e. The molecule has 0 aliphatic heterocycles. The van der Waals surface area contributed by atoms with Crippen molar-refractivity contribution in [2.24, 2.45) is 0 Å². The van der Waals surface area contributed by atoms with Crippen LogP contribution in [0.4, 0.5) is 0 Å². The number of amides is 1. The third kappa shape index (κ3) is 5.32. The molecule has 0 radical (unpaired) electrons. The summed E-state index contributed by atoms with van der Waals surface area (Å²) in [4.78, 5) is 35.6. The lowest BCUT2D eigenvalue weighted by molar-refractivity contribution is -0.134. The molecule has 5 rings (SSSR count). The largest absolute Gasteiger partial charge is 0.332 e. The van der Waals surface area contributed by atoms with Crippen molar-refractivity contribution in [1.29, 1.82) is 0 Å². The Balaban J connectivity index is 1.69. The highest BCUT2D eigenvalue weighted by atomic mass is 16.2.